The summed E-state index contributed by atoms with van der Waals surface area (Å²) >= 11 is 0. The molecule has 1 heterocycles. The van der Waals surface area contributed by atoms with Crippen LogP contribution in [0.2, 0.25) is 0 Å². The topological polar surface area (TPSA) is 39.2 Å². The quantitative estimate of drug-likeness (QED) is 0.719. The van der Waals surface area contributed by atoms with Gasteiger partial charge >= 0.3 is 0 Å². The molecule has 82 valence electrons. The smallest absolute Gasteiger partial charge is 0.213 e. The maximum Gasteiger partial charge on any atom is 0.213 e. The molecule has 1 aromatic heterocycles. The minimum atomic E-state index is 0.308. The highest BCUT2D eigenvalue weighted by molar-refractivity contribution is 5.78. The highest BCUT2D eigenvalue weighted by Crippen LogP contribution is 2.09. The lowest BCUT2D eigenvalue weighted by Gasteiger charge is -2.02. The Labute approximate surface area is 90.5 Å². The van der Waals surface area contributed by atoms with Crippen molar-refractivity contribution in [3.05, 3.63) is 23.9 Å². The normalized spacial score (nSPS) is 10.0. The number of aryl methyl sites for hydroxylation is 1. The maximum atomic E-state index is 11.3. The first kappa shape index (κ1) is 11.7. The molecule has 15 heavy (non-hydrogen) atoms. The first-order valence-corrected chi connectivity index (χ1v) is 5.28. The summed E-state index contributed by atoms with van der Waals surface area (Å²) in [5.74, 6) is 0.914. The summed E-state index contributed by atoms with van der Waals surface area (Å²) in [4.78, 5) is 15.6. The zero-order chi connectivity index (χ0) is 11.1. The van der Waals surface area contributed by atoms with Crippen LogP contribution in [0.3, 0.4) is 0 Å². The number of aromatic nitrogens is 1. The van der Waals surface area contributed by atoms with E-state index in [2.05, 4.69) is 4.98 Å². The van der Waals surface area contributed by atoms with Gasteiger partial charge in [-0.25, -0.2) is 4.98 Å². The van der Waals surface area contributed by atoms with Crippen molar-refractivity contribution in [2.45, 2.75) is 32.6 Å². The molecule has 0 bridgehead atoms. The van der Waals surface area contributed by atoms with Crippen LogP contribution in [0.4, 0.5) is 0 Å². The largest absolute Gasteiger partial charge is 0.481 e. The van der Waals surface area contributed by atoms with Crippen molar-refractivity contribution in [3.8, 4) is 5.88 Å². The Balaban J connectivity index is 2.46. The third-order valence-corrected chi connectivity index (χ3v) is 2.18. The summed E-state index contributed by atoms with van der Waals surface area (Å²) in [6.45, 7) is 2.02. The van der Waals surface area contributed by atoms with E-state index in [-0.39, 0.29) is 0 Å². The maximum absolute atomic E-state index is 11.3. The Kier molecular flexibility index (Phi) is 4.81. The molecule has 0 atom stereocenters. The zero-order valence-corrected chi connectivity index (χ0v) is 9.32. The standard InChI is InChI=1S/C12H17NO2/c1-3-5-11(14)9-8-10-6-4-7-12(13-10)15-2/h4,6-7H,3,5,8-9H2,1-2H3. The van der Waals surface area contributed by atoms with E-state index in [4.69, 9.17) is 4.74 Å². The van der Waals surface area contributed by atoms with Crippen molar-refractivity contribution in [1.29, 1.82) is 0 Å². The predicted molar refractivity (Wildman–Crippen MR) is 59.0 cm³/mol. The Bertz CT molecular complexity index is 323. The number of nitrogens with zero attached hydrogens (tertiary/aromatic N) is 1. The van der Waals surface area contributed by atoms with Crippen molar-refractivity contribution in [1.82, 2.24) is 4.98 Å². The van der Waals surface area contributed by atoms with E-state index < -0.39 is 0 Å². The SMILES string of the molecule is CCCC(=O)CCc1cccc(OC)n1. The molecule has 0 saturated carbocycles. The van der Waals surface area contributed by atoms with Gasteiger partial charge in [0.15, 0.2) is 0 Å². The monoisotopic (exact) mass is 207 g/mol. The van der Waals surface area contributed by atoms with E-state index in [9.17, 15) is 4.79 Å². The molecule has 0 unspecified atom stereocenters. The first-order chi connectivity index (χ1) is 7.26. The summed E-state index contributed by atoms with van der Waals surface area (Å²) in [6.07, 6.45) is 2.87. The average Bonchev–Trinajstić information content (AvgIpc) is 2.27. The van der Waals surface area contributed by atoms with E-state index in [1.54, 1.807) is 13.2 Å². The Hall–Kier alpha value is -1.38. The molecule has 3 heteroatoms. The summed E-state index contributed by atoms with van der Waals surface area (Å²) in [5, 5.41) is 0. The van der Waals surface area contributed by atoms with Crippen LogP contribution in [0.5, 0.6) is 5.88 Å². The molecule has 0 spiro atoms. The molecule has 0 aliphatic rings. The average molecular weight is 207 g/mol. The van der Waals surface area contributed by atoms with Gasteiger partial charge in [-0.2, -0.15) is 0 Å². The highest BCUT2D eigenvalue weighted by Gasteiger charge is 2.03. The van der Waals surface area contributed by atoms with Crippen LogP contribution in [-0.4, -0.2) is 17.9 Å². The minimum absolute atomic E-state index is 0.308. The lowest BCUT2D eigenvalue weighted by atomic mass is 10.1. The Morgan fingerprint density at radius 1 is 1.40 bits per heavy atom. The molecule has 0 aliphatic heterocycles. The fourth-order valence-corrected chi connectivity index (χ4v) is 1.38. The van der Waals surface area contributed by atoms with Crippen LogP contribution < -0.4 is 4.74 Å². The summed E-state index contributed by atoms with van der Waals surface area (Å²) in [5.41, 5.74) is 0.916. The summed E-state index contributed by atoms with van der Waals surface area (Å²) in [7, 11) is 1.59. The lowest BCUT2D eigenvalue weighted by molar-refractivity contribution is -0.119. The zero-order valence-electron chi connectivity index (χ0n) is 9.32. The molecular formula is C12H17NO2. The number of pyridine rings is 1. The Morgan fingerprint density at radius 3 is 2.87 bits per heavy atom. The van der Waals surface area contributed by atoms with Crippen molar-refractivity contribution < 1.29 is 9.53 Å². The van der Waals surface area contributed by atoms with Gasteiger partial charge in [0, 0.05) is 24.6 Å². The van der Waals surface area contributed by atoms with E-state index in [0.717, 1.165) is 12.1 Å². The van der Waals surface area contributed by atoms with Gasteiger partial charge in [-0.1, -0.05) is 13.0 Å². The van der Waals surface area contributed by atoms with E-state index in [1.165, 1.54) is 0 Å². The number of ketones is 1. The Morgan fingerprint density at radius 2 is 2.20 bits per heavy atom. The first-order valence-electron chi connectivity index (χ1n) is 5.28. The predicted octanol–water partition coefficient (Wildman–Crippen LogP) is 2.39. The molecule has 0 N–H and O–H groups in total. The van der Waals surface area contributed by atoms with E-state index in [0.29, 0.717) is 30.9 Å². The number of carbonyl (C=O) groups is 1. The number of ether oxygens (including phenoxy) is 1. The molecule has 0 aliphatic carbocycles. The molecule has 0 saturated heterocycles. The van der Waals surface area contributed by atoms with Crippen LogP contribution in [0.15, 0.2) is 18.2 Å². The van der Waals surface area contributed by atoms with Gasteiger partial charge in [0.2, 0.25) is 5.88 Å². The van der Waals surface area contributed by atoms with Crippen molar-refractivity contribution in [2.24, 2.45) is 0 Å². The third-order valence-electron chi connectivity index (χ3n) is 2.18. The molecule has 0 aromatic carbocycles. The summed E-state index contributed by atoms with van der Waals surface area (Å²) < 4.78 is 5.01. The fourth-order valence-electron chi connectivity index (χ4n) is 1.38. The van der Waals surface area contributed by atoms with Gasteiger partial charge in [0.05, 0.1) is 7.11 Å². The van der Waals surface area contributed by atoms with Crippen LogP contribution in [-0.2, 0) is 11.2 Å². The number of Topliss-reactive ketones (excluding diaryl/α,β-unsaturated/α-hetero) is 1. The second kappa shape index (κ2) is 6.17. The number of carbonyl (C=O) groups excluding carboxylic acids is 1. The van der Waals surface area contributed by atoms with Crippen molar-refractivity contribution in [2.75, 3.05) is 7.11 Å². The minimum Gasteiger partial charge on any atom is -0.481 e. The van der Waals surface area contributed by atoms with Crippen LogP contribution in [0.25, 0.3) is 0 Å². The van der Waals surface area contributed by atoms with Gasteiger partial charge in [0.1, 0.15) is 5.78 Å². The van der Waals surface area contributed by atoms with Crippen LogP contribution in [0, 0.1) is 0 Å². The third kappa shape index (κ3) is 4.11. The van der Waals surface area contributed by atoms with Gasteiger partial charge in [-0.3, -0.25) is 4.79 Å². The molecule has 0 fully saturated rings. The van der Waals surface area contributed by atoms with Crippen molar-refractivity contribution >= 4 is 5.78 Å². The molecule has 1 aromatic rings. The summed E-state index contributed by atoms with van der Waals surface area (Å²) in [6, 6.07) is 5.62. The lowest BCUT2D eigenvalue weighted by Crippen LogP contribution is -2.01. The van der Waals surface area contributed by atoms with Crippen LogP contribution in [0.1, 0.15) is 31.9 Å². The van der Waals surface area contributed by atoms with Gasteiger partial charge < -0.3 is 4.74 Å². The molecule has 3 nitrogen and oxygen atoms in total. The second-order valence-corrected chi connectivity index (χ2v) is 3.46. The molecular weight excluding hydrogens is 190 g/mol. The van der Waals surface area contributed by atoms with Gasteiger partial charge in [-0.15, -0.1) is 0 Å². The van der Waals surface area contributed by atoms with Gasteiger partial charge in [-0.05, 0) is 18.9 Å². The van der Waals surface area contributed by atoms with Crippen molar-refractivity contribution in [3.63, 3.8) is 0 Å². The number of rotatable bonds is 6. The van der Waals surface area contributed by atoms with E-state index >= 15 is 0 Å². The highest BCUT2D eigenvalue weighted by atomic mass is 16.5. The molecule has 0 amide bonds. The van der Waals surface area contributed by atoms with Crippen LogP contribution >= 0.6 is 0 Å². The number of hydrogen-bond acceptors (Lipinski definition) is 3. The van der Waals surface area contributed by atoms with E-state index in [1.807, 2.05) is 19.1 Å². The molecule has 0 radical (unpaired) electrons. The number of hydrogen-bond donors (Lipinski definition) is 0. The second-order valence-electron chi connectivity index (χ2n) is 3.46. The fraction of sp³-hybridized carbons (Fsp3) is 0.500. The molecule has 1 rings (SSSR count). The number of methoxy groups -OCH3 is 1. The van der Waals surface area contributed by atoms with Gasteiger partial charge in [0.25, 0.3) is 0 Å².